The zero-order valence-electron chi connectivity index (χ0n) is 21.7. The molecule has 2 heterocycles. The number of aromatic nitrogens is 6. The predicted molar refractivity (Wildman–Crippen MR) is 141 cm³/mol. The molecule has 0 fully saturated rings. The number of nitrogens with zero attached hydrogens (tertiary/aromatic N) is 5. The second-order valence-electron chi connectivity index (χ2n) is 8.78. The Morgan fingerprint density at radius 3 is 2.63 bits per heavy atom. The third-order valence-corrected chi connectivity index (χ3v) is 5.77. The van der Waals surface area contributed by atoms with Crippen molar-refractivity contribution in [3.05, 3.63) is 95.1 Å². The molecular formula is C27H31FN8O2. The van der Waals surface area contributed by atoms with Gasteiger partial charge in [-0.15, -0.1) is 10.2 Å². The third-order valence-electron chi connectivity index (χ3n) is 5.77. The number of carbonyl (C=O) groups excluding carboxylic acids is 2. The summed E-state index contributed by atoms with van der Waals surface area (Å²) in [5.41, 5.74) is 3.12. The first kappa shape index (κ1) is 28.0. The fraction of sp³-hybridized carbons (Fsp3) is 0.296. The van der Waals surface area contributed by atoms with Crippen LogP contribution in [0.1, 0.15) is 71.0 Å². The molecule has 10 nitrogen and oxygen atoms in total. The van der Waals surface area contributed by atoms with Crippen LogP contribution < -0.4 is 10.6 Å². The number of amides is 2. The molecule has 0 aliphatic heterocycles. The molecule has 0 saturated heterocycles. The Labute approximate surface area is 220 Å². The van der Waals surface area contributed by atoms with Crippen molar-refractivity contribution in [2.24, 2.45) is 0 Å². The number of halogens is 1. The fourth-order valence-electron chi connectivity index (χ4n) is 3.62. The van der Waals surface area contributed by atoms with Crippen molar-refractivity contribution < 1.29 is 14.0 Å². The number of rotatable bonds is 12. The van der Waals surface area contributed by atoms with Crippen LogP contribution in [0.5, 0.6) is 0 Å². The molecule has 1 atom stereocenters. The maximum atomic E-state index is 13.5. The number of aromatic amines is 1. The third kappa shape index (κ3) is 8.26. The zero-order chi connectivity index (χ0) is 27.5. The minimum absolute atomic E-state index is 0.0508. The molecular weight excluding hydrogens is 487 g/mol. The topological polar surface area (TPSA) is 138 Å². The maximum absolute atomic E-state index is 13.5. The molecule has 2 aromatic heterocycles. The lowest BCUT2D eigenvalue weighted by molar-refractivity contribution is 0.0930. The minimum atomic E-state index is -0.471. The summed E-state index contributed by atoms with van der Waals surface area (Å²) in [5, 5.41) is 19.7. The van der Waals surface area contributed by atoms with Gasteiger partial charge in [0.2, 0.25) is 0 Å². The summed E-state index contributed by atoms with van der Waals surface area (Å²) < 4.78 is 13.5. The van der Waals surface area contributed by atoms with Gasteiger partial charge in [-0.1, -0.05) is 42.5 Å². The van der Waals surface area contributed by atoms with Crippen LogP contribution in [0.25, 0.3) is 5.57 Å². The first-order valence-corrected chi connectivity index (χ1v) is 12.1. The van der Waals surface area contributed by atoms with Crippen molar-refractivity contribution in [2.75, 3.05) is 0 Å². The number of nitrogens with one attached hydrogen (secondary N) is 3. The van der Waals surface area contributed by atoms with Crippen molar-refractivity contribution in [3.8, 4) is 0 Å². The number of benzene rings is 1. The van der Waals surface area contributed by atoms with Crippen LogP contribution >= 0.6 is 0 Å². The number of allylic oxidation sites excluding steroid dienone is 4. The van der Waals surface area contributed by atoms with Crippen molar-refractivity contribution in [2.45, 2.75) is 52.6 Å². The van der Waals surface area contributed by atoms with Crippen LogP contribution in [-0.4, -0.2) is 48.4 Å². The van der Waals surface area contributed by atoms with E-state index in [0.29, 0.717) is 30.7 Å². The van der Waals surface area contributed by atoms with E-state index in [-0.39, 0.29) is 29.8 Å². The van der Waals surface area contributed by atoms with Crippen LogP contribution in [0.3, 0.4) is 0 Å². The fourth-order valence-corrected chi connectivity index (χ4v) is 3.62. The van der Waals surface area contributed by atoms with Crippen LogP contribution in [-0.2, 0) is 6.54 Å². The lowest BCUT2D eigenvalue weighted by Gasteiger charge is -2.18. The molecule has 1 unspecified atom stereocenters. The van der Waals surface area contributed by atoms with Gasteiger partial charge in [0, 0.05) is 18.7 Å². The van der Waals surface area contributed by atoms with Crippen molar-refractivity contribution in [1.29, 1.82) is 0 Å². The molecule has 1 aromatic carbocycles. The van der Waals surface area contributed by atoms with E-state index in [1.54, 1.807) is 19.1 Å². The molecule has 38 heavy (non-hydrogen) atoms. The lowest BCUT2D eigenvalue weighted by atomic mass is 10.0. The molecule has 0 bridgehead atoms. The highest BCUT2D eigenvalue weighted by Crippen LogP contribution is 2.15. The largest absolute Gasteiger partial charge is 0.348 e. The van der Waals surface area contributed by atoms with E-state index in [1.165, 1.54) is 18.5 Å². The van der Waals surface area contributed by atoms with Crippen LogP contribution in [0.4, 0.5) is 4.39 Å². The summed E-state index contributed by atoms with van der Waals surface area (Å²) in [6, 6.07) is 5.72. The Balaban J connectivity index is 1.67. The minimum Gasteiger partial charge on any atom is -0.348 e. The van der Waals surface area contributed by atoms with Crippen molar-refractivity contribution in [3.63, 3.8) is 0 Å². The van der Waals surface area contributed by atoms with Crippen LogP contribution in [0.15, 0.2) is 61.0 Å². The van der Waals surface area contributed by atoms with E-state index >= 15 is 0 Å². The van der Waals surface area contributed by atoms with Gasteiger partial charge in [-0.25, -0.2) is 14.4 Å². The molecule has 0 radical (unpaired) electrons. The van der Waals surface area contributed by atoms with Gasteiger partial charge in [-0.05, 0) is 68.0 Å². The monoisotopic (exact) mass is 518 g/mol. The SMILES string of the molecule is C=C(/C=C\C)CCC(C/C=C(\C)c1nn[nH]n1)NC(=O)c1cc(C(=O)NCc2ccc(F)c(C)c2)ncn1. The summed E-state index contributed by atoms with van der Waals surface area (Å²) in [6.45, 7) is 9.67. The molecule has 2 amide bonds. The zero-order valence-corrected chi connectivity index (χ0v) is 21.7. The quantitative estimate of drug-likeness (QED) is 0.309. The molecule has 0 saturated carbocycles. The van der Waals surface area contributed by atoms with Crippen LogP contribution in [0.2, 0.25) is 0 Å². The summed E-state index contributed by atoms with van der Waals surface area (Å²) in [4.78, 5) is 33.8. The van der Waals surface area contributed by atoms with E-state index in [1.807, 2.05) is 32.1 Å². The Morgan fingerprint density at radius 1 is 1.18 bits per heavy atom. The Morgan fingerprint density at radius 2 is 1.95 bits per heavy atom. The number of aryl methyl sites for hydroxylation is 1. The Kier molecular flexibility index (Phi) is 10.1. The average Bonchev–Trinajstić information content (AvgIpc) is 3.46. The van der Waals surface area contributed by atoms with Gasteiger partial charge in [-0.3, -0.25) is 9.59 Å². The van der Waals surface area contributed by atoms with Gasteiger partial charge in [0.1, 0.15) is 23.5 Å². The summed E-state index contributed by atoms with van der Waals surface area (Å²) in [6.07, 6.45) is 8.80. The number of hydrogen-bond acceptors (Lipinski definition) is 7. The van der Waals surface area contributed by atoms with Crippen LogP contribution in [0, 0.1) is 12.7 Å². The van der Waals surface area contributed by atoms with Crippen molar-refractivity contribution >= 4 is 17.4 Å². The molecule has 0 aliphatic rings. The normalized spacial score (nSPS) is 12.4. The summed E-state index contributed by atoms with van der Waals surface area (Å²) in [7, 11) is 0. The molecule has 3 aromatic rings. The second kappa shape index (κ2) is 13.7. The highest BCUT2D eigenvalue weighted by Gasteiger charge is 2.17. The van der Waals surface area contributed by atoms with Gasteiger partial charge >= 0.3 is 0 Å². The van der Waals surface area contributed by atoms with Gasteiger partial charge in [0.15, 0.2) is 5.82 Å². The first-order valence-electron chi connectivity index (χ1n) is 12.1. The van der Waals surface area contributed by atoms with Crippen molar-refractivity contribution in [1.82, 2.24) is 41.2 Å². The molecule has 198 valence electrons. The number of H-pyrrole nitrogens is 1. The number of carbonyl (C=O) groups is 2. The molecule has 0 spiro atoms. The smallest absolute Gasteiger partial charge is 0.270 e. The van der Waals surface area contributed by atoms with Gasteiger partial charge < -0.3 is 10.6 Å². The second-order valence-corrected chi connectivity index (χ2v) is 8.78. The van der Waals surface area contributed by atoms with Gasteiger partial charge in [0.25, 0.3) is 11.8 Å². The molecule has 3 N–H and O–H groups in total. The number of tetrazole rings is 1. The van der Waals surface area contributed by atoms with E-state index < -0.39 is 11.8 Å². The lowest BCUT2D eigenvalue weighted by Crippen LogP contribution is -2.35. The summed E-state index contributed by atoms with van der Waals surface area (Å²) in [5.74, 6) is -0.726. The predicted octanol–water partition coefficient (Wildman–Crippen LogP) is 3.87. The number of hydrogen-bond donors (Lipinski definition) is 3. The summed E-state index contributed by atoms with van der Waals surface area (Å²) >= 11 is 0. The Bertz CT molecular complexity index is 1330. The van der Waals surface area contributed by atoms with Gasteiger partial charge in [-0.2, -0.15) is 5.21 Å². The molecule has 11 heteroatoms. The first-order chi connectivity index (χ1) is 18.3. The highest BCUT2D eigenvalue weighted by molar-refractivity contribution is 5.97. The highest BCUT2D eigenvalue weighted by atomic mass is 19.1. The molecule has 0 aliphatic carbocycles. The standard InChI is InChI=1S/C27H31FN8O2/c1-5-6-17(2)7-10-21(11-8-18(3)25-33-35-36-34-25)32-27(38)24-14-23(30-16-31-24)26(37)29-15-20-9-12-22(28)19(4)13-20/h5-6,8-9,12-14,16,21H,2,7,10-11,15H2,1,3-4H3,(H,29,37)(H,32,38)(H,33,34,35,36)/b6-5-,18-8+. The maximum Gasteiger partial charge on any atom is 0.270 e. The van der Waals surface area contributed by atoms with Gasteiger partial charge in [0.05, 0.1) is 0 Å². The average molecular weight is 519 g/mol. The van der Waals surface area contributed by atoms with E-state index in [4.69, 9.17) is 0 Å². The Hall–Kier alpha value is -4.54. The van der Waals surface area contributed by atoms with E-state index in [2.05, 4.69) is 47.8 Å². The van der Waals surface area contributed by atoms with E-state index in [9.17, 15) is 14.0 Å². The molecule has 3 rings (SSSR count). The van der Waals surface area contributed by atoms with E-state index in [0.717, 1.165) is 16.7 Å².